The molecule has 1 heterocycles. The quantitative estimate of drug-likeness (QED) is 0.437. The maximum absolute atomic E-state index is 13.4. The second-order valence-corrected chi connectivity index (χ2v) is 7.86. The first-order valence-corrected chi connectivity index (χ1v) is 10.5. The molecule has 8 nitrogen and oxygen atoms in total. The van der Waals surface area contributed by atoms with Crippen molar-refractivity contribution in [1.29, 1.82) is 0 Å². The Morgan fingerprint density at radius 1 is 1.00 bits per heavy atom. The molecule has 2 fully saturated rings. The highest BCUT2D eigenvalue weighted by atomic mass is 19.2. The fourth-order valence-corrected chi connectivity index (χ4v) is 3.76. The molecule has 3 amide bonds. The van der Waals surface area contributed by atoms with Crippen LogP contribution in [-0.2, 0) is 9.59 Å². The third-order valence-electron chi connectivity index (χ3n) is 5.64. The Balaban J connectivity index is 1.44. The van der Waals surface area contributed by atoms with Crippen LogP contribution in [0.25, 0.3) is 0 Å². The minimum absolute atomic E-state index is 0.0149. The molecule has 1 aromatic rings. The monoisotopic (exact) mass is 453 g/mol. The molecule has 0 bridgehead atoms. The summed E-state index contributed by atoms with van der Waals surface area (Å²) in [6, 6.07) is 1.60. The highest BCUT2D eigenvalue weighted by molar-refractivity contribution is 5.95. The van der Waals surface area contributed by atoms with Gasteiger partial charge in [0.1, 0.15) is 5.70 Å². The number of halogens is 3. The summed E-state index contributed by atoms with van der Waals surface area (Å²) in [4.78, 5) is 39.6. The molecular formula is C21H26F3N5O3. The predicted molar refractivity (Wildman–Crippen MR) is 109 cm³/mol. The van der Waals surface area contributed by atoms with Crippen LogP contribution < -0.4 is 16.4 Å². The van der Waals surface area contributed by atoms with Crippen molar-refractivity contribution in [2.24, 2.45) is 5.73 Å². The van der Waals surface area contributed by atoms with Crippen molar-refractivity contribution in [3.63, 3.8) is 0 Å². The molecule has 1 aliphatic carbocycles. The topological polar surface area (TPSA) is 108 Å². The van der Waals surface area contributed by atoms with Crippen molar-refractivity contribution in [3.05, 3.63) is 47.0 Å². The summed E-state index contributed by atoms with van der Waals surface area (Å²) in [6.07, 6.45) is 5.80. The number of nitrogens with one attached hydrogen (secondary N) is 2. The lowest BCUT2D eigenvalue weighted by molar-refractivity contribution is -0.133. The Kier molecular flexibility index (Phi) is 7.60. The molecule has 32 heavy (non-hydrogen) atoms. The summed E-state index contributed by atoms with van der Waals surface area (Å²) in [7, 11) is 0. The van der Waals surface area contributed by atoms with Crippen molar-refractivity contribution in [1.82, 2.24) is 20.4 Å². The van der Waals surface area contributed by atoms with Crippen molar-refractivity contribution >= 4 is 17.7 Å². The van der Waals surface area contributed by atoms with E-state index in [4.69, 9.17) is 5.73 Å². The molecule has 11 heteroatoms. The maximum Gasteiger partial charge on any atom is 0.269 e. The summed E-state index contributed by atoms with van der Waals surface area (Å²) in [5.41, 5.74) is 5.42. The van der Waals surface area contributed by atoms with E-state index in [0.29, 0.717) is 18.2 Å². The predicted octanol–water partition coefficient (Wildman–Crippen LogP) is 0.837. The fraction of sp³-hybridized carbons (Fsp3) is 0.476. The molecule has 174 valence electrons. The number of hydrogen-bond donors (Lipinski definition) is 3. The summed E-state index contributed by atoms with van der Waals surface area (Å²) in [6.45, 7) is 0.375. The minimum atomic E-state index is -1.64. The Morgan fingerprint density at radius 2 is 1.56 bits per heavy atom. The smallest absolute Gasteiger partial charge is 0.269 e. The van der Waals surface area contributed by atoms with Gasteiger partial charge in [-0.05, 0) is 25.0 Å². The molecule has 3 rings (SSSR count). The number of rotatable bonds is 6. The Labute approximate surface area is 183 Å². The van der Waals surface area contributed by atoms with Gasteiger partial charge >= 0.3 is 0 Å². The van der Waals surface area contributed by atoms with Gasteiger partial charge in [-0.1, -0.05) is 12.8 Å². The zero-order valence-electron chi connectivity index (χ0n) is 17.5. The summed E-state index contributed by atoms with van der Waals surface area (Å²) < 4.78 is 39.8. The molecule has 0 spiro atoms. The van der Waals surface area contributed by atoms with E-state index in [1.807, 2.05) is 0 Å². The number of carbonyl (C=O) groups is 3. The third-order valence-corrected chi connectivity index (χ3v) is 5.64. The molecular weight excluding hydrogens is 427 g/mol. The zero-order chi connectivity index (χ0) is 23.3. The van der Waals surface area contributed by atoms with Crippen LogP contribution in [0.15, 0.2) is 24.0 Å². The highest BCUT2D eigenvalue weighted by Crippen LogP contribution is 2.18. The van der Waals surface area contributed by atoms with Gasteiger partial charge in [-0.25, -0.2) is 13.2 Å². The molecule has 1 aliphatic heterocycles. The first-order chi connectivity index (χ1) is 15.3. The van der Waals surface area contributed by atoms with E-state index in [2.05, 4.69) is 10.6 Å². The van der Waals surface area contributed by atoms with Crippen molar-refractivity contribution in [2.75, 3.05) is 32.7 Å². The lowest BCUT2D eigenvalue weighted by Gasteiger charge is -2.34. The molecule has 1 saturated heterocycles. The first-order valence-electron chi connectivity index (χ1n) is 10.5. The second-order valence-electron chi connectivity index (χ2n) is 7.86. The summed E-state index contributed by atoms with van der Waals surface area (Å²) >= 11 is 0. The van der Waals surface area contributed by atoms with E-state index in [9.17, 15) is 27.6 Å². The Bertz CT molecular complexity index is 887. The van der Waals surface area contributed by atoms with Crippen LogP contribution in [-0.4, -0.2) is 66.3 Å². The number of carbonyl (C=O) groups excluding carboxylic acids is 3. The largest absolute Gasteiger partial charge is 0.393 e. The molecule has 0 unspecified atom stereocenters. The van der Waals surface area contributed by atoms with Gasteiger partial charge in [0.05, 0.1) is 6.54 Å². The third kappa shape index (κ3) is 5.71. The molecule has 0 aromatic heterocycles. The lowest BCUT2D eigenvalue weighted by Crippen LogP contribution is -2.52. The van der Waals surface area contributed by atoms with Gasteiger partial charge in [-0.15, -0.1) is 0 Å². The van der Waals surface area contributed by atoms with Gasteiger partial charge < -0.3 is 26.2 Å². The number of nitrogens with zero attached hydrogens (tertiary/aromatic N) is 2. The van der Waals surface area contributed by atoms with Crippen LogP contribution in [0.2, 0.25) is 0 Å². The van der Waals surface area contributed by atoms with E-state index < -0.39 is 29.3 Å². The molecule has 0 radical (unpaired) electrons. The van der Waals surface area contributed by atoms with Gasteiger partial charge in [0, 0.05) is 44.0 Å². The van der Waals surface area contributed by atoms with Crippen molar-refractivity contribution in [2.45, 2.75) is 31.7 Å². The average Bonchev–Trinajstić information content (AvgIpc) is 3.32. The van der Waals surface area contributed by atoms with Crippen LogP contribution in [0.4, 0.5) is 13.2 Å². The van der Waals surface area contributed by atoms with Gasteiger partial charge in [0.2, 0.25) is 5.91 Å². The van der Waals surface area contributed by atoms with Crippen LogP contribution in [0.5, 0.6) is 0 Å². The highest BCUT2D eigenvalue weighted by Gasteiger charge is 2.26. The molecule has 0 atom stereocenters. The van der Waals surface area contributed by atoms with Crippen LogP contribution in [0.1, 0.15) is 36.0 Å². The number of amides is 3. The van der Waals surface area contributed by atoms with Gasteiger partial charge in [0.25, 0.3) is 11.8 Å². The van der Waals surface area contributed by atoms with E-state index >= 15 is 0 Å². The molecule has 1 aromatic carbocycles. The SMILES string of the molecule is N/C(=C\NC1CCCC1)C(=O)NCC(=O)N1CCN(C(=O)c2cc(F)c(F)c(F)c2)CC1. The first kappa shape index (κ1) is 23.4. The summed E-state index contributed by atoms with van der Waals surface area (Å²) in [5.74, 6) is -6.08. The van der Waals surface area contributed by atoms with Crippen LogP contribution >= 0.6 is 0 Å². The average molecular weight is 453 g/mol. The van der Waals surface area contributed by atoms with E-state index in [1.54, 1.807) is 0 Å². The Morgan fingerprint density at radius 3 is 2.16 bits per heavy atom. The number of benzene rings is 1. The van der Waals surface area contributed by atoms with Gasteiger partial charge in [-0.3, -0.25) is 14.4 Å². The second kappa shape index (κ2) is 10.4. The standard InChI is InChI=1S/C21H26F3N5O3/c22-15-9-13(10-16(23)19(15)24)21(32)29-7-5-28(6-8-29)18(30)12-27-20(31)17(25)11-26-14-3-1-2-4-14/h9-11,14,26H,1-8,12,25H2,(H,27,31)/b17-11-. The minimum Gasteiger partial charge on any atom is -0.393 e. The lowest BCUT2D eigenvalue weighted by atomic mass is 10.1. The van der Waals surface area contributed by atoms with Gasteiger partial charge in [0.15, 0.2) is 17.5 Å². The van der Waals surface area contributed by atoms with Gasteiger partial charge in [-0.2, -0.15) is 0 Å². The zero-order valence-corrected chi connectivity index (χ0v) is 17.5. The molecule has 1 saturated carbocycles. The molecule has 2 aliphatic rings. The van der Waals surface area contributed by atoms with E-state index in [0.717, 1.165) is 25.7 Å². The fourth-order valence-electron chi connectivity index (χ4n) is 3.76. The van der Waals surface area contributed by atoms with E-state index in [1.165, 1.54) is 16.0 Å². The van der Waals surface area contributed by atoms with Crippen molar-refractivity contribution < 1.29 is 27.6 Å². The van der Waals surface area contributed by atoms with Crippen molar-refractivity contribution in [3.8, 4) is 0 Å². The number of nitrogens with two attached hydrogens (primary N) is 1. The molecule has 4 N–H and O–H groups in total. The van der Waals surface area contributed by atoms with Crippen LogP contribution in [0.3, 0.4) is 0 Å². The number of hydrogen-bond acceptors (Lipinski definition) is 5. The number of piperazine rings is 1. The maximum atomic E-state index is 13.4. The normalized spacial score (nSPS) is 17.4. The Hall–Kier alpha value is -3.24. The van der Waals surface area contributed by atoms with E-state index in [-0.39, 0.29) is 49.9 Å². The summed E-state index contributed by atoms with van der Waals surface area (Å²) in [5, 5.41) is 5.57. The van der Waals surface area contributed by atoms with Crippen LogP contribution in [0, 0.1) is 17.5 Å².